The highest BCUT2D eigenvalue weighted by atomic mass is 16.4. The van der Waals surface area contributed by atoms with Crippen LogP contribution >= 0.6 is 0 Å². The van der Waals surface area contributed by atoms with Crippen molar-refractivity contribution in [1.82, 2.24) is 0 Å². The van der Waals surface area contributed by atoms with Gasteiger partial charge in [-0.1, -0.05) is 23.8 Å². The minimum atomic E-state index is -1.17. The molecule has 2 rings (SSSR count). The lowest BCUT2D eigenvalue weighted by atomic mass is 9.92. The van der Waals surface area contributed by atoms with Gasteiger partial charge in [0.25, 0.3) is 0 Å². The molecule has 0 heterocycles. The van der Waals surface area contributed by atoms with Crippen molar-refractivity contribution in [3.63, 3.8) is 0 Å². The first kappa shape index (κ1) is 9.21. The molecule has 0 amide bonds. The second-order valence-corrected chi connectivity index (χ2v) is 3.94. The van der Waals surface area contributed by atoms with Gasteiger partial charge in [0.1, 0.15) is 5.54 Å². The number of carboxylic acid groups (broad SMARTS) is 1. The van der Waals surface area contributed by atoms with Crippen molar-refractivity contribution in [2.24, 2.45) is 5.73 Å². The molecule has 1 aliphatic rings. The van der Waals surface area contributed by atoms with Crippen molar-refractivity contribution in [3.05, 3.63) is 34.9 Å². The number of hydrogen-bond acceptors (Lipinski definition) is 2. The zero-order valence-corrected chi connectivity index (χ0v) is 8.08. The first-order valence-electron chi connectivity index (χ1n) is 4.66. The normalized spacial score (nSPS) is 24.7. The molecule has 0 spiro atoms. The summed E-state index contributed by atoms with van der Waals surface area (Å²) in [7, 11) is 0. The molecule has 0 aromatic heterocycles. The number of rotatable bonds is 1. The minimum absolute atomic E-state index is 0.501. The first-order valence-corrected chi connectivity index (χ1v) is 4.66. The Balaban J connectivity index is 2.58. The van der Waals surface area contributed by atoms with E-state index in [9.17, 15) is 4.79 Å². The van der Waals surface area contributed by atoms with Crippen molar-refractivity contribution in [2.75, 3.05) is 0 Å². The zero-order valence-electron chi connectivity index (χ0n) is 8.08. The fourth-order valence-corrected chi connectivity index (χ4v) is 2.01. The maximum absolute atomic E-state index is 11.1. The van der Waals surface area contributed by atoms with Gasteiger partial charge >= 0.3 is 5.97 Å². The first-order chi connectivity index (χ1) is 6.54. The molecule has 74 valence electrons. The number of benzene rings is 1. The number of carboxylic acids is 1. The van der Waals surface area contributed by atoms with Gasteiger partial charge in [0, 0.05) is 0 Å². The fraction of sp³-hybridized carbons (Fsp3) is 0.364. The molecule has 1 aromatic rings. The van der Waals surface area contributed by atoms with Crippen molar-refractivity contribution < 1.29 is 9.90 Å². The van der Waals surface area contributed by atoms with Crippen LogP contribution in [-0.2, 0) is 16.8 Å². The van der Waals surface area contributed by atoms with E-state index in [1.54, 1.807) is 0 Å². The topological polar surface area (TPSA) is 63.3 Å². The van der Waals surface area contributed by atoms with E-state index in [0.717, 1.165) is 23.1 Å². The molecule has 14 heavy (non-hydrogen) atoms. The Bertz CT molecular complexity index is 400. The molecule has 3 N–H and O–H groups in total. The minimum Gasteiger partial charge on any atom is -0.480 e. The summed E-state index contributed by atoms with van der Waals surface area (Å²) in [5, 5.41) is 9.09. The summed E-state index contributed by atoms with van der Waals surface area (Å²) in [4.78, 5) is 11.1. The van der Waals surface area contributed by atoms with Crippen LogP contribution in [0.25, 0.3) is 0 Å². The van der Waals surface area contributed by atoms with Gasteiger partial charge in [0.15, 0.2) is 0 Å². The Morgan fingerprint density at radius 2 is 2.29 bits per heavy atom. The Kier molecular flexibility index (Phi) is 1.86. The van der Waals surface area contributed by atoms with E-state index in [0.29, 0.717) is 6.42 Å². The lowest BCUT2D eigenvalue weighted by Crippen LogP contribution is -2.42. The quantitative estimate of drug-likeness (QED) is 0.700. The van der Waals surface area contributed by atoms with Crippen LogP contribution in [0, 0.1) is 6.92 Å². The SMILES string of the molecule is Cc1ccc2c(c1)[C@](N)(C(=O)O)CC2. The average molecular weight is 191 g/mol. The van der Waals surface area contributed by atoms with Crippen LogP contribution in [0.4, 0.5) is 0 Å². The number of carbonyl (C=O) groups is 1. The molecule has 0 radical (unpaired) electrons. The summed E-state index contributed by atoms with van der Waals surface area (Å²) in [6.45, 7) is 1.95. The van der Waals surface area contributed by atoms with Gasteiger partial charge in [0.2, 0.25) is 0 Å². The van der Waals surface area contributed by atoms with Crippen molar-refractivity contribution in [2.45, 2.75) is 25.3 Å². The second-order valence-electron chi connectivity index (χ2n) is 3.94. The van der Waals surface area contributed by atoms with Gasteiger partial charge in [-0.15, -0.1) is 0 Å². The molecular formula is C11H13NO2. The van der Waals surface area contributed by atoms with E-state index in [1.807, 2.05) is 25.1 Å². The van der Waals surface area contributed by atoms with Crippen LogP contribution in [0.15, 0.2) is 18.2 Å². The molecule has 0 saturated carbocycles. The van der Waals surface area contributed by atoms with Gasteiger partial charge in [-0.3, -0.25) is 0 Å². The molecule has 1 aliphatic carbocycles. The average Bonchev–Trinajstić information content (AvgIpc) is 2.46. The Morgan fingerprint density at radius 3 is 2.93 bits per heavy atom. The van der Waals surface area contributed by atoms with Crippen molar-refractivity contribution in [3.8, 4) is 0 Å². The van der Waals surface area contributed by atoms with E-state index in [4.69, 9.17) is 10.8 Å². The molecular weight excluding hydrogens is 178 g/mol. The largest absolute Gasteiger partial charge is 0.480 e. The maximum Gasteiger partial charge on any atom is 0.328 e. The van der Waals surface area contributed by atoms with Gasteiger partial charge in [0.05, 0.1) is 0 Å². The molecule has 0 saturated heterocycles. The fourth-order valence-electron chi connectivity index (χ4n) is 2.01. The third-order valence-electron chi connectivity index (χ3n) is 2.92. The molecule has 0 bridgehead atoms. The Morgan fingerprint density at radius 1 is 1.57 bits per heavy atom. The summed E-state index contributed by atoms with van der Waals surface area (Å²) < 4.78 is 0. The molecule has 1 atom stereocenters. The van der Waals surface area contributed by atoms with Crippen molar-refractivity contribution >= 4 is 5.97 Å². The molecule has 3 nitrogen and oxygen atoms in total. The van der Waals surface area contributed by atoms with E-state index in [1.165, 1.54) is 0 Å². The van der Waals surface area contributed by atoms with Gasteiger partial charge in [-0.25, -0.2) is 4.79 Å². The highest BCUT2D eigenvalue weighted by Crippen LogP contribution is 2.35. The molecule has 3 heteroatoms. The standard InChI is InChI=1S/C11H13NO2/c1-7-2-3-8-4-5-11(12,10(13)14)9(8)6-7/h2-3,6H,4-5,12H2,1H3,(H,13,14)/t11-/m0/s1. The Hall–Kier alpha value is -1.35. The highest BCUT2D eigenvalue weighted by molar-refractivity contribution is 5.82. The van der Waals surface area contributed by atoms with Crippen LogP contribution in [0.3, 0.4) is 0 Å². The monoisotopic (exact) mass is 191 g/mol. The summed E-state index contributed by atoms with van der Waals surface area (Å²) in [6, 6.07) is 5.85. The van der Waals surface area contributed by atoms with Crippen LogP contribution in [0.2, 0.25) is 0 Å². The zero-order chi connectivity index (χ0) is 10.3. The summed E-state index contributed by atoms with van der Waals surface area (Å²) in [5.41, 5.74) is 7.63. The third-order valence-corrected chi connectivity index (χ3v) is 2.92. The molecule has 0 aliphatic heterocycles. The molecule has 0 unspecified atom stereocenters. The molecule has 0 fully saturated rings. The number of nitrogens with two attached hydrogens (primary N) is 1. The van der Waals surface area contributed by atoms with Crippen LogP contribution < -0.4 is 5.73 Å². The lowest BCUT2D eigenvalue weighted by Gasteiger charge is -2.19. The van der Waals surface area contributed by atoms with Crippen LogP contribution in [-0.4, -0.2) is 11.1 Å². The predicted octanol–water partition coefficient (Wildman–Crippen LogP) is 1.18. The molecule has 1 aromatic carbocycles. The highest BCUT2D eigenvalue weighted by Gasteiger charge is 2.41. The van der Waals surface area contributed by atoms with E-state index in [2.05, 4.69) is 0 Å². The predicted molar refractivity (Wildman–Crippen MR) is 53.0 cm³/mol. The van der Waals surface area contributed by atoms with E-state index in [-0.39, 0.29) is 0 Å². The van der Waals surface area contributed by atoms with Crippen LogP contribution in [0.5, 0.6) is 0 Å². The van der Waals surface area contributed by atoms with E-state index >= 15 is 0 Å². The van der Waals surface area contributed by atoms with Crippen molar-refractivity contribution in [1.29, 1.82) is 0 Å². The second kappa shape index (κ2) is 2.82. The summed E-state index contributed by atoms with van der Waals surface area (Å²) >= 11 is 0. The number of hydrogen-bond donors (Lipinski definition) is 2. The van der Waals surface area contributed by atoms with Gasteiger partial charge in [-0.2, -0.15) is 0 Å². The number of aryl methyl sites for hydroxylation is 2. The summed E-state index contributed by atoms with van der Waals surface area (Å²) in [5.74, 6) is -0.929. The number of fused-ring (bicyclic) bond motifs is 1. The summed E-state index contributed by atoms with van der Waals surface area (Å²) in [6.07, 6.45) is 1.26. The van der Waals surface area contributed by atoms with E-state index < -0.39 is 11.5 Å². The van der Waals surface area contributed by atoms with Gasteiger partial charge in [-0.05, 0) is 30.9 Å². The number of aliphatic carboxylic acids is 1. The Labute approximate surface area is 82.5 Å². The van der Waals surface area contributed by atoms with Crippen LogP contribution in [0.1, 0.15) is 23.1 Å². The smallest absolute Gasteiger partial charge is 0.328 e. The third kappa shape index (κ3) is 1.13. The van der Waals surface area contributed by atoms with Gasteiger partial charge < -0.3 is 10.8 Å². The maximum atomic E-state index is 11.1. The lowest BCUT2D eigenvalue weighted by molar-refractivity contribution is -0.143.